The number of hydrogen-bond acceptors (Lipinski definition) is 3. The molecule has 1 saturated heterocycles. The lowest BCUT2D eigenvalue weighted by Crippen LogP contribution is -2.42. The Morgan fingerprint density at radius 1 is 0.914 bits per heavy atom. The lowest BCUT2D eigenvalue weighted by Gasteiger charge is -2.31. The van der Waals surface area contributed by atoms with Gasteiger partial charge in [-0.25, -0.2) is 13.2 Å². The number of piperidine rings is 1. The summed E-state index contributed by atoms with van der Waals surface area (Å²) in [5.74, 6) is -2.48. The van der Waals surface area contributed by atoms with Gasteiger partial charge in [0.15, 0.2) is 0 Å². The van der Waals surface area contributed by atoms with Gasteiger partial charge < -0.3 is 15.1 Å². The van der Waals surface area contributed by atoms with Crippen molar-refractivity contribution in [3.63, 3.8) is 0 Å². The van der Waals surface area contributed by atoms with Gasteiger partial charge >= 0.3 is 0 Å². The molecule has 1 aliphatic rings. The number of nitrogens with two attached hydrogens (primary N) is 1. The molecule has 0 radical (unpaired) electrons. The van der Waals surface area contributed by atoms with E-state index in [0.29, 0.717) is 24.1 Å². The van der Waals surface area contributed by atoms with Crippen molar-refractivity contribution in [3.05, 3.63) is 83.9 Å². The van der Waals surface area contributed by atoms with Gasteiger partial charge in [0.05, 0.1) is 0 Å². The summed E-state index contributed by atoms with van der Waals surface area (Å²) in [7, 11) is 0. The van der Waals surface area contributed by atoms with Crippen molar-refractivity contribution in [2.24, 2.45) is 5.73 Å². The summed E-state index contributed by atoms with van der Waals surface area (Å²) in [4.78, 5) is 14.3. The molecule has 1 aromatic heterocycles. The van der Waals surface area contributed by atoms with Gasteiger partial charge in [-0.3, -0.25) is 4.79 Å². The largest absolute Gasteiger partial charge is 0.460 e. The standard InChI is InChI=1S/C28H25F3N2O2/c29-23-7-5-19(6-8-23)25-17-21(15-22-16-24(9-12-32)35-26(22)25)18-1-3-20(4-2-18)27(34)33-13-10-28(30,31)11-14-33/h1-8,15-17H,9-14,32H2. The van der Waals surface area contributed by atoms with Crippen LogP contribution in [0, 0.1) is 5.82 Å². The van der Waals surface area contributed by atoms with E-state index in [1.54, 1.807) is 24.3 Å². The van der Waals surface area contributed by atoms with E-state index in [9.17, 15) is 18.0 Å². The lowest BCUT2D eigenvalue weighted by atomic mass is 9.96. The molecule has 0 unspecified atom stereocenters. The number of fused-ring (bicyclic) bond motifs is 1. The molecule has 4 nitrogen and oxygen atoms in total. The van der Waals surface area contributed by atoms with Crippen molar-refractivity contribution in [2.75, 3.05) is 19.6 Å². The number of benzene rings is 3. The van der Waals surface area contributed by atoms with E-state index in [1.165, 1.54) is 17.0 Å². The number of hydrogen-bond donors (Lipinski definition) is 1. The van der Waals surface area contributed by atoms with Crippen LogP contribution in [0.1, 0.15) is 29.0 Å². The molecule has 1 aliphatic heterocycles. The second kappa shape index (κ2) is 9.23. The summed E-state index contributed by atoms with van der Waals surface area (Å²) in [6.45, 7) is 0.566. The van der Waals surface area contributed by atoms with Crippen LogP contribution in [0.25, 0.3) is 33.2 Å². The first-order valence-electron chi connectivity index (χ1n) is 11.6. The summed E-state index contributed by atoms with van der Waals surface area (Å²) >= 11 is 0. The maximum atomic E-state index is 13.5. The third-order valence-corrected chi connectivity index (χ3v) is 6.46. The van der Waals surface area contributed by atoms with Crippen molar-refractivity contribution in [2.45, 2.75) is 25.2 Å². The van der Waals surface area contributed by atoms with Crippen molar-refractivity contribution in [3.8, 4) is 22.3 Å². The predicted octanol–water partition coefficient (Wildman–Crippen LogP) is 6.28. The van der Waals surface area contributed by atoms with E-state index in [4.69, 9.17) is 10.2 Å². The van der Waals surface area contributed by atoms with Crippen molar-refractivity contribution in [1.82, 2.24) is 4.90 Å². The minimum Gasteiger partial charge on any atom is -0.460 e. The van der Waals surface area contributed by atoms with Crippen LogP contribution >= 0.6 is 0 Å². The van der Waals surface area contributed by atoms with Gasteiger partial charge in [0.25, 0.3) is 11.8 Å². The van der Waals surface area contributed by atoms with Gasteiger partial charge in [0, 0.05) is 48.9 Å². The molecule has 0 spiro atoms. The van der Waals surface area contributed by atoms with Crippen molar-refractivity contribution < 1.29 is 22.4 Å². The van der Waals surface area contributed by atoms with Crippen LogP contribution < -0.4 is 5.73 Å². The minimum atomic E-state index is -2.70. The average Bonchev–Trinajstić information content (AvgIpc) is 3.26. The van der Waals surface area contributed by atoms with Crippen molar-refractivity contribution in [1.29, 1.82) is 0 Å². The quantitative estimate of drug-likeness (QED) is 0.367. The Morgan fingerprint density at radius 3 is 2.23 bits per heavy atom. The Hall–Kier alpha value is -3.58. The molecule has 1 amide bonds. The molecule has 4 aromatic rings. The van der Waals surface area contributed by atoms with Crippen LogP contribution in [-0.4, -0.2) is 36.4 Å². The average molecular weight is 479 g/mol. The highest BCUT2D eigenvalue weighted by Crippen LogP contribution is 2.36. The molecule has 7 heteroatoms. The minimum absolute atomic E-state index is 0.0525. The first kappa shape index (κ1) is 23.2. The Morgan fingerprint density at radius 2 is 1.57 bits per heavy atom. The molecular formula is C28H25F3N2O2. The fourth-order valence-electron chi connectivity index (χ4n) is 4.51. The van der Waals surface area contributed by atoms with Crippen LogP contribution in [0.3, 0.4) is 0 Å². The smallest absolute Gasteiger partial charge is 0.253 e. The molecule has 0 saturated carbocycles. The highest BCUT2D eigenvalue weighted by atomic mass is 19.3. The molecule has 5 rings (SSSR count). The number of halogens is 3. The van der Waals surface area contributed by atoms with Gasteiger partial charge in [-0.05, 0) is 65.7 Å². The van der Waals surface area contributed by atoms with Crippen LogP contribution in [0.15, 0.2) is 71.1 Å². The van der Waals surface area contributed by atoms with Gasteiger partial charge in [-0.15, -0.1) is 0 Å². The van der Waals surface area contributed by atoms with E-state index in [0.717, 1.165) is 33.4 Å². The van der Waals surface area contributed by atoms with Crippen molar-refractivity contribution >= 4 is 16.9 Å². The van der Waals surface area contributed by atoms with Gasteiger partial charge in [-0.1, -0.05) is 24.3 Å². The Kier molecular flexibility index (Phi) is 6.11. The third kappa shape index (κ3) is 4.82. The number of amides is 1. The zero-order valence-electron chi connectivity index (χ0n) is 19.1. The molecule has 35 heavy (non-hydrogen) atoms. The highest BCUT2D eigenvalue weighted by Gasteiger charge is 2.35. The molecule has 0 aliphatic carbocycles. The summed E-state index contributed by atoms with van der Waals surface area (Å²) in [6, 6.07) is 19.3. The second-order valence-electron chi connectivity index (χ2n) is 8.93. The van der Waals surface area contributed by atoms with Crippen LogP contribution in [0.5, 0.6) is 0 Å². The molecule has 1 fully saturated rings. The predicted molar refractivity (Wildman–Crippen MR) is 130 cm³/mol. The normalized spacial score (nSPS) is 15.5. The number of alkyl halides is 2. The van der Waals surface area contributed by atoms with E-state index >= 15 is 0 Å². The lowest BCUT2D eigenvalue weighted by molar-refractivity contribution is -0.0494. The Labute approximate surface area is 201 Å². The number of furan rings is 1. The number of likely N-dealkylation sites (tertiary alicyclic amines) is 1. The fourth-order valence-corrected chi connectivity index (χ4v) is 4.51. The second-order valence-corrected chi connectivity index (χ2v) is 8.93. The Balaban J connectivity index is 1.48. The summed E-state index contributed by atoms with van der Waals surface area (Å²) in [5.41, 5.74) is 10.3. The van der Waals surface area contributed by atoms with Crippen LogP contribution in [0.2, 0.25) is 0 Å². The summed E-state index contributed by atoms with van der Waals surface area (Å²) in [5, 5.41) is 0.902. The van der Waals surface area contributed by atoms with Crippen LogP contribution in [-0.2, 0) is 6.42 Å². The first-order chi connectivity index (χ1) is 16.8. The number of carbonyl (C=O) groups is 1. The third-order valence-electron chi connectivity index (χ3n) is 6.46. The van der Waals surface area contributed by atoms with Gasteiger partial charge in [-0.2, -0.15) is 0 Å². The van der Waals surface area contributed by atoms with Gasteiger partial charge in [0.1, 0.15) is 17.2 Å². The maximum Gasteiger partial charge on any atom is 0.253 e. The van der Waals surface area contributed by atoms with E-state index < -0.39 is 5.92 Å². The topological polar surface area (TPSA) is 59.5 Å². The first-order valence-corrected chi connectivity index (χ1v) is 11.6. The summed E-state index contributed by atoms with van der Waals surface area (Å²) in [6.07, 6.45) is -0.00813. The van der Waals surface area contributed by atoms with E-state index in [-0.39, 0.29) is 37.7 Å². The molecule has 2 heterocycles. The zero-order chi connectivity index (χ0) is 24.6. The van der Waals surface area contributed by atoms with E-state index in [1.807, 2.05) is 30.3 Å². The SMILES string of the molecule is NCCc1cc2cc(-c3ccc(C(=O)N4CCC(F)(F)CC4)cc3)cc(-c3ccc(F)cc3)c2o1. The number of nitrogens with zero attached hydrogens (tertiary/aromatic N) is 1. The number of rotatable bonds is 5. The molecule has 2 N–H and O–H groups in total. The van der Waals surface area contributed by atoms with E-state index in [2.05, 4.69) is 0 Å². The fraction of sp³-hybridized carbons (Fsp3) is 0.250. The number of carbonyl (C=O) groups excluding carboxylic acids is 1. The summed E-state index contributed by atoms with van der Waals surface area (Å²) < 4.78 is 46.5. The molecule has 180 valence electrons. The Bertz CT molecular complexity index is 1350. The molecule has 3 aromatic carbocycles. The van der Waals surface area contributed by atoms with Gasteiger partial charge in [0.2, 0.25) is 0 Å². The molecule has 0 bridgehead atoms. The molecular weight excluding hydrogens is 453 g/mol. The maximum absolute atomic E-state index is 13.5. The molecule has 0 atom stereocenters. The highest BCUT2D eigenvalue weighted by molar-refractivity contribution is 5.98. The zero-order valence-corrected chi connectivity index (χ0v) is 19.1. The van der Waals surface area contributed by atoms with Crippen LogP contribution in [0.4, 0.5) is 13.2 Å². The monoisotopic (exact) mass is 478 g/mol.